The second kappa shape index (κ2) is 8.67. The van der Waals surface area contributed by atoms with Crippen LogP contribution in [-0.4, -0.2) is 55.5 Å². The normalized spacial score (nSPS) is 17.0. The first kappa shape index (κ1) is 18.9. The third-order valence-electron chi connectivity index (χ3n) is 4.98. The van der Waals surface area contributed by atoms with Crippen LogP contribution in [-0.2, 0) is 0 Å². The van der Waals surface area contributed by atoms with E-state index in [2.05, 4.69) is 28.2 Å². The zero-order chi connectivity index (χ0) is 18.5. The molecule has 0 aromatic heterocycles. The van der Waals surface area contributed by atoms with E-state index in [0.717, 1.165) is 42.3 Å². The highest BCUT2D eigenvalue weighted by molar-refractivity contribution is 6.31. The standard InChI is InChI=1S/C21H26ClN3O/c1-16-6-5-7-17(14-16)21(26)23-15-20(18-8-3-4-9-19(18)22)25-12-10-24(2)11-13-25/h3-9,14,20H,10-13,15H2,1-2H3,(H,23,26). The van der Waals surface area contributed by atoms with Gasteiger partial charge in [0.05, 0.1) is 6.04 Å². The molecule has 1 unspecified atom stereocenters. The van der Waals surface area contributed by atoms with Gasteiger partial charge in [-0.25, -0.2) is 0 Å². The Morgan fingerprint density at radius 3 is 2.54 bits per heavy atom. The van der Waals surface area contributed by atoms with Crippen molar-refractivity contribution < 1.29 is 4.79 Å². The van der Waals surface area contributed by atoms with Gasteiger partial charge < -0.3 is 10.2 Å². The molecule has 5 heteroatoms. The number of likely N-dealkylation sites (N-methyl/N-ethyl adjacent to an activating group) is 1. The Morgan fingerprint density at radius 1 is 1.12 bits per heavy atom. The molecule has 0 bridgehead atoms. The number of piperazine rings is 1. The topological polar surface area (TPSA) is 35.6 Å². The zero-order valence-electron chi connectivity index (χ0n) is 15.4. The van der Waals surface area contributed by atoms with E-state index in [-0.39, 0.29) is 11.9 Å². The Morgan fingerprint density at radius 2 is 1.85 bits per heavy atom. The van der Waals surface area contributed by atoms with Gasteiger partial charge in [-0.1, -0.05) is 47.5 Å². The van der Waals surface area contributed by atoms with Crippen LogP contribution in [0.15, 0.2) is 48.5 Å². The molecule has 0 radical (unpaired) electrons. The number of amides is 1. The van der Waals surface area contributed by atoms with E-state index in [1.165, 1.54) is 0 Å². The minimum atomic E-state index is -0.0418. The predicted molar refractivity (Wildman–Crippen MR) is 107 cm³/mol. The minimum Gasteiger partial charge on any atom is -0.350 e. The van der Waals surface area contributed by atoms with E-state index < -0.39 is 0 Å². The van der Waals surface area contributed by atoms with Crippen LogP contribution in [0.5, 0.6) is 0 Å². The quantitative estimate of drug-likeness (QED) is 0.875. The maximum absolute atomic E-state index is 12.6. The Kier molecular flexibility index (Phi) is 6.30. The molecule has 1 N–H and O–H groups in total. The molecule has 2 aromatic rings. The van der Waals surface area contributed by atoms with Crippen LogP contribution >= 0.6 is 11.6 Å². The lowest BCUT2D eigenvalue weighted by atomic mass is 10.0. The van der Waals surface area contributed by atoms with Gasteiger partial charge in [0.2, 0.25) is 0 Å². The van der Waals surface area contributed by atoms with E-state index in [1.807, 2.05) is 49.4 Å². The predicted octanol–water partition coefficient (Wildman–Crippen LogP) is 3.37. The maximum Gasteiger partial charge on any atom is 0.251 e. The SMILES string of the molecule is Cc1cccc(C(=O)NCC(c2ccccc2Cl)N2CCN(C)CC2)c1. The lowest BCUT2D eigenvalue weighted by molar-refractivity contribution is 0.0886. The van der Waals surface area contributed by atoms with Gasteiger partial charge in [-0.15, -0.1) is 0 Å². The van der Waals surface area contributed by atoms with Crippen molar-refractivity contribution in [2.24, 2.45) is 0 Å². The first-order chi connectivity index (χ1) is 12.5. The van der Waals surface area contributed by atoms with Gasteiger partial charge in [0.15, 0.2) is 0 Å². The summed E-state index contributed by atoms with van der Waals surface area (Å²) in [7, 11) is 2.14. The molecule has 138 valence electrons. The summed E-state index contributed by atoms with van der Waals surface area (Å²) in [5.41, 5.74) is 2.85. The molecule has 1 aliphatic heterocycles. The average molecular weight is 372 g/mol. The van der Waals surface area contributed by atoms with Gasteiger partial charge in [0.25, 0.3) is 5.91 Å². The molecule has 1 atom stereocenters. The number of hydrogen-bond acceptors (Lipinski definition) is 3. The van der Waals surface area contributed by atoms with Gasteiger partial charge in [-0.2, -0.15) is 0 Å². The van der Waals surface area contributed by atoms with Crippen LogP contribution in [0.3, 0.4) is 0 Å². The van der Waals surface area contributed by atoms with Crippen molar-refractivity contribution in [3.8, 4) is 0 Å². The summed E-state index contributed by atoms with van der Waals surface area (Å²) in [4.78, 5) is 17.3. The van der Waals surface area contributed by atoms with E-state index in [0.29, 0.717) is 12.1 Å². The van der Waals surface area contributed by atoms with Gasteiger partial charge in [0, 0.05) is 43.3 Å². The van der Waals surface area contributed by atoms with Crippen molar-refractivity contribution in [2.45, 2.75) is 13.0 Å². The second-order valence-corrected chi connectivity index (χ2v) is 7.36. The third kappa shape index (κ3) is 4.64. The molecular weight excluding hydrogens is 346 g/mol. The second-order valence-electron chi connectivity index (χ2n) is 6.96. The fraction of sp³-hybridized carbons (Fsp3) is 0.381. The maximum atomic E-state index is 12.6. The molecular formula is C21H26ClN3O. The highest BCUT2D eigenvalue weighted by Crippen LogP contribution is 2.28. The van der Waals surface area contributed by atoms with Gasteiger partial charge in [-0.05, 0) is 37.7 Å². The number of carbonyl (C=O) groups is 1. The highest BCUT2D eigenvalue weighted by Gasteiger charge is 2.26. The largest absolute Gasteiger partial charge is 0.350 e. The number of hydrogen-bond donors (Lipinski definition) is 1. The lowest BCUT2D eigenvalue weighted by Crippen LogP contribution is -2.48. The molecule has 0 aliphatic carbocycles. The zero-order valence-corrected chi connectivity index (χ0v) is 16.2. The molecule has 1 aliphatic rings. The van der Waals surface area contributed by atoms with Crippen molar-refractivity contribution in [3.05, 3.63) is 70.2 Å². The van der Waals surface area contributed by atoms with Crippen molar-refractivity contribution >= 4 is 17.5 Å². The summed E-state index contributed by atoms with van der Waals surface area (Å²) in [5.74, 6) is -0.0418. The number of aryl methyl sites for hydroxylation is 1. The molecule has 4 nitrogen and oxygen atoms in total. The van der Waals surface area contributed by atoms with Gasteiger partial charge in [-0.3, -0.25) is 9.69 Å². The smallest absolute Gasteiger partial charge is 0.251 e. The summed E-state index contributed by atoms with van der Waals surface area (Å²) < 4.78 is 0. The van der Waals surface area contributed by atoms with Crippen LogP contribution in [0.4, 0.5) is 0 Å². The summed E-state index contributed by atoms with van der Waals surface area (Å²) in [6.07, 6.45) is 0. The molecule has 0 saturated carbocycles. The van der Waals surface area contributed by atoms with Crippen molar-refractivity contribution in [2.75, 3.05) is 39.8 Å². The summed E-state index contributed by atoms with van der Waals surface area (Å²) in [6, 6.07) is 15.7. The lowest BCUT2D eigenvalue weighted by Gasteiger charge is -2.38. The number of nitrogens with one attached hydrogen (secondary N) is 1. The third-order valence-corrected chi connectivity index (χ3v) is 5.32. The Bertz CT molecular complexity index is 756. The van der Waals surface area contributed by atoms with Crippen LogP contribution in [0, 0.1) is 6.92 Å². The van der Waals surface area contributed by atoms with Crippen LogP contribution < -0.4 is 5.32 Å². The summed E-state index contributed by atoms with van der Waals surface area (Å²) in [5, 5.41) is 3.86. The van der Waals surface area contributed by atoms with E-state index in [9.17, 15) is 4.79 Å². The highest BCUT2D eigenvalue weighted by atomic mass is 35.5. The number of carbonyl (C=O) groups excluding carboxylic acids is 1. The monoisotopic (exact) mass is 371 g/mol. The Balaban J connectivity index is 1.75. The first-order valence-corrected chi connectivity index (χ1v) is 9.44. The number of halogens is 1. The fourth-order valence-electron chi connectivity index (χ4n) is 3.39. The summed E-state index contributed by atoms with van der Waals surface area (Å²) >= 11 is 6.47. The molecule has 1 fully saturated rings. The Hall–Kier alpha value is -1.88. The molecule has 0 spiro atoms. The van der Waals surface area contributed by atoms with E-state index >= 15 is 0 Å². The Labute approximate surface area is 160 Å². The molecule has 3 rings (SSSR count). The van der Waals surface area contributed by atoms with E-state index in [4.69, 9.17) is 11.6 Å². The molecule has 1 heterocycles. The van der Waals surface area contributed by atoms with Crippen molar-refractivity contribution in [1.29, 1.82) is 0 Å². The molecule has 1 amide bonds. The van der Waals surface area contributed by atoms with Gasteiger partial charge >= 0.3 is 0 Å². The van der Waals surface area contributed by atoms with E-state index in [1.54, 1.807) is 0 Å². The minimum absolute atomic E-state index is 0.0418. The number of nitrogens with zero attached hydrogens (tertiary/aromatic N) is 2. The van der Waals surface area contributed by atoms with Crippen LogP contribution in [0.2, 0.25) is 5.02 Å². The van der Waals surface area contributed by atoms with Crippen molar-refractivity contribution in [3.63, 3.8) is 0 Å². The summed E-state index contributed by atoms with van der Waals surface area (Å²) in [6.45, 7) is 6.51. The molecule has 26 heavy (non-hydrogen) atoms. The van der Waals surface area contributed by atoms with Crippen LogP contribution in [0.1, 0.15) is 27.5 Å². The fourth-order valence-corrected chi connectivity index (χ4v) is 3.65. The molecule has 2 aromatic carbocycles. The van der Waals surface area contributed by atoms with Crippen molar-refractivity contribution in [1.82, 2.24) is 15.1 Å². The number of benzene rings is 2. The first-order valence-electron chi connectivity index (χ1n) is 9.06. The van der Waals surface area contributed by atoms with Crippen LogP contribution in [0.25, 0.3) is 0 Å². The molecule has 1 saturated heterocycles. The number of rotatable bonds is 5. The van der Waals surface area contributed by atoms with Gasteiger partial charge in [0.1, 0.15) is 0 Å². The average Bonchev–Trinajstić information content (AvgIpc) is 2.64.